The number of hydrogen-bond donors (Lipinski definition) is 1. The van der Waals surface area contributed by atoms with E-state index < -0.39 is 11.7 Å². The van der Waals surface area contributed by atoms with Crippen LogP contribution in [0.5, 0.6) is 0 Å². The Morgan fingerprint density at radius 3 is 2.82 bits per heavy atom. The minimum Gasteiger partial charge on any atom is -0.444 e. The SMILES string of the molecule is CC(C)(C)OC(=O)Nc1ccc2ccnn2c1. The number of fused-ring (bicyclic) bond motifs is 1. The molecular formula is C12H15N3O2. The summed E-state index contributed by atoms with van der Waals surface area (Å²) in [6.07, 6.45) is 2.97. The molecule has 2 rings (SSSR count). The lowest BCUT2D eigenvalue weighted by Crippen LogP contribution is -2.27. The molecule has 0 atom stereocenters. The first-order valence-electron chi connectivity index (χ1n) is 5.37. The van der Waals surface area contributed by atoms with E-state index in [9.17, 15) is 4.79 Å². The molecule has 0 bridgehead atoms. The summed E-state index contributed by atoms with van der Waals surface area (Å²) in [5.74, 6) is 0. The summed E-state index contributed by atoms with van der Waals surface area (Å²) in [5.41, 5.74) is 1.12. The second kappa shape index (κ2) is 4.08. The predicted molar refractivity (Wildman–Crippen MR) is 65.0 cm³/mol. The number of carbonyl (C=O) groups is 1. The minimum atomic E-state index is -0.500. The van der Waals surface area contributed by atoms with Crippen LogP contribution >= 0.6 is 0 Å². The third-order valence-electron chi connectivity index (χ3n) is 2.04. The number of nitrogens with one attached hydrogen (secondary N) is 1. The number of pyridine rings is 1. The van der Waals surface area contributed by atoms with Gasteiger partial charge in [0.1, 0.15) is 5.60 Å². The van der Waals surface area contributed by atoms with Crippen molar-refractivity contribution in [1.82, 2.24) is 9.61 Å². The third kappa shape index (κ3) is 2.96. The highest BCUT2D eigenvalue weighted by Crippen LogP contribution is 2.13. The largest absolute Gasteiger partial charge is 0.444 e. The molecule has 2 aromatic rings. The number of ether oxygens (including phenoxy) is 1. The Hall–Kier alpha value is -2.04. The molecule has 17 heavy (non-hydrogen) atoms. The summed E-state index contributed by atoms with van der Waals surface area (Å²) in [6.45, 7) is 5.47. The summed E-state index contributed by atoms with van der Waals surface area (Å²) in [7, 11) is 0. The molecule has 0 spiro atoms. The number of rotatable bonds is 1. The molecule has 2 heterocycles. The highest BCUT2D eigenvalue weighted by molar-refractivity contribution is 5.84. The summed E-state index contributed by atoms with van der Waals surface area (Å²) in [4.78, 5) is 11.5. The molecule has 5 heteroatoms. The van der Waals surface area contributed by atoms with Crippen molar-refractivity contribution in [2.24, 2.45) is 0 Å². The van der Waals surface area contributed by atoms with Crippen LogP contribution in [0.1, 0.15) is 20.8 Å². The number of hydrogen-bond acceptors (Lipinski definition) is 3. The van der Waals surface area contributed by atoms with Gasteiger partial charge in [0.05, 0.1) is 17.4 Å². The second-order valence-corrected chi connectivity index (χ2v) is 4.75. The van der Waals surface area contributed by atoms with Gasteiger partial charge in [-0.3, -0.25) is 5.32 Å². The van der Waals surface area contributed by atoms with Crippen molar-refractivity contribution in [3.05, 3.63) is 30.6 Å². The van der Waals surface area contributed by atoms with E-state index >= 15 is 0 Å². The fourth-order valence-corrected chi connectivity index (χ4v) is 1.41. The Balaban J connectivity index is 2.10. The van der Waals surface area contributed by atoms with E-state index in [2.05, 4.69) is 10.4 Å². The molecule has 90 valence electrons. The van der Waals surface area contributed by atoms with Crippen LogP contribution in [0.4, 0.5) is 10.5 Å². The van der Waals surface area contributed by atoms with Crippen LogP contribution in [0.15, 0.2) is 30.6 Å². The van der Waals surface area contributed by atoms with Crippen molar-refractivity contribution < 1.29 is 9.53 Å². The standard InChI is InChI=1S/C12H15N3O2/c1-12(2,3)17-11(16)14-9-4-5-10-6-7-13-15(10)8-9/h4-8H,1-3H3,(H,14,16). The summed E-state index contributed by atoms with van der Waals surface area (Å²) in [5, 5.41) is 6.74. The van der Waals surface area contributed by atoms with Gasteiger partial charge in [0.15, 0.2) is 0 Å². The molecule has 0 aliphatic rings. The van der Waals surface area contributed by atoms with E-state index in [1.807, 2.05) is 32.9 Å². The molecule has 0 radical (unpaired) electrons. The van der Waals surface area contributed by atoms with Crippen LogP contribution in [-0.4, -0.2) is 21.3 Å². The quantitative estimate of drug-likeness (QED) is 0.823. The Kier molecular flexibility index (Phi) is 2.75. The molecule has 0 saturated carbocycles. The molecule has 0 unspecified atom stereocenters. The molecule has 1 N–H and O–H groups in total. The molecule has 1 amide bonds. The smallest absolute Gasteiger partial charge is 0.412 e. The second-order valence-electron chi connectivity index (χ2n) is 4.75. The van der Waals surface area contributed by atoms with Crippen molar-refractivity contribution >= 4 is 17.3 Å². The zero-order valence-corrected chi connectivity index (χ0v) is 10.1. The van der Waals surface area contributed by atoms with Gasteiger partial charge in [-0.05, 0) is 39.0 Å². The predicted octanol–water partition coefficient (Wildman–Crippen LogP) is 2.68. The number of aromatic nitrogens is 2. The van der Waals surface area contributed by atoms with E-state index in [-0.39, 0.29) is 0 Å². The maximum absolute atomic E-state index is 11.5. The Morgan fingerprint density at radius 2 is 2.12 bits per heavy atom. The molecule has 0 aromatic carbocycles. The lowest BCUT2D eigenvalue weighted by Gasteiger charge is -2.19. The molecule has 5 nitrogen and oxygen atoms in total. The zero-order chi connectivity index (χ0) is 12.5. The van der Waals surface area contributed by atoms with E-state index in [1.54, 1.807) is 23.0 Å². The Morgan fingerprint density at radius 1 is 1.35 bits per heavy atom. The van der Waals surface area contributed by atoms with Crippen molar-refractivity contribution in [3.8, 4) is 0 Å². The van der Waals surface area contributed by atoms with Crippen molar-refractivity contribution in [2.45, 2.75) is 26.4 Å². The highest BCUT2D eigenvalue weighted by Gasteiger charge is 2.16. The average Bonchev–Trinajstić information content (AvgIpc) is 2.61. The van der Waals surface area contributed by atoms with Gasteiger partial charge in [0.25, 0.3) is 0 Å². The maximum Gasteiger partial charge on any atom is 0.412 e. The van der Waals surface area contributed by atoms with Crippen LogP contribution in [-0.2, 0) is 4.74 Å². The lowest BCUT2D eigenvalue weighted by atomic mass is 10.2. The minimum absolute atomic E-state index is 0.469. The lowest BCUT2D eigenvalue weighted by molar-refractivity contribution is 0.0636. The van der Waals surface area contributed by atoms with Gasteiger partial charge in [-0.25, -0.2) is 9.31 Å². The van der Waals surface area contributed by atoms with Crippen LogP contribution in [0.25, 0.3) is 5.52 Å². The average molecular weight is 233 g/mol. The van der Waals surface area contributed by atoms with Crippen LogP contribution in [0.3, 0.4) is 0 Å². The van der Waals surface area contributed by atoms with Gasteiger partial charge < -0.3 is 4.74 Å². The molecule has 0 saturated heterocycles. The van der Waals surface area contributed by atoms with E-state index in [4.69, 9.17) is 4.74 Å². The van der Waals surface area contributed by atoms with E-state index in [0.717, 1.165) is 5.52 Å². The fraction of sp³-hybridized carbons (Fsp3) is 0.333. The monoisotopic (exact) mass is 233 g/mol. The van der Waals surface area contributed by atoms with Crippen LogP contribution in [0.2, 0.25) is 0 Å². The molecule has 0 aliphatic heterocycles. The fourth-order valence-electron chi connectivity index (χ4n) is 1.41. The number of nitrogens with zero attached hydrogens (tertiary/aromatic N) is 2. The summed E-state index contributed by atoms with van der Waals surface area (Å²) >= 11 is 0. The first-order chi connectivity index (χ1) is 7.94. The normalized spacial score (nSPS) is 11.5. The molecule has 2 aromatic heterocycles. The summed E-state index contributed by atoms with van der Waals surface area (Å²) < 4.78 is 6.84. The zero-order valence-electron chi connectivity index (χ0n) is 10.1. The Bertz CT molecular complexity index is 540. The molecular weight excluding hydrogens is 218 g/mol. The maximum atomic E-state index is 11.5. The number of anilines is 1. The van der Waals surface area contributed by atoms with Crippen molar-refractivity contribution in [2.75, 3.05) is 5.32 Å². The van der Waals surface area contributed by atoms with Gasteiger partial charge in [0, 0.05) is 6.20 Å². The van der Waals surface area contributed by atoms with Crippen LogP contribution < -0.4 is 5.32 Å². The van der Waals surface area contributed by atoms with E-state index in [0.29, 0.717) is 5.69 Å². The van der Waals surface area contributed by atoms with E-state index in [1.165, 1.54) is 0 Å². The van der Waals surface area contributed by atoms with Gasteiger partial charge in [0.2, 0.25) is 0 Å². The van der Waals surface area contributed by atoms with Crippen LogP contribution in [0, 0.1) is 0 Å². The van der Waals surface area contributed by atoms with Gasteiger partial charge >= 0.3 is 6.09 Å². The number of amides is 1. The molecule has 0 fully saturated rings. The number of carbonyl (C=O) groups excluding carboxylic acids is 1. The van der Waals surface area contributed by atoms with Gasteiger partial charge in [-0.15, -0.1) is 0 Å². The summed E-state index contributed by atoms with van der Waals surface area (Å²) in [6, 6.07) is 5.57. The first kappa shape index (κ1) is 11.4. The Labute approximate surface area is 99.4 Å². The van der Waals surface area contributed by atoms with Crippen molar-refractivity contribution in [3.63, 3.8) is 0 Å². The van der Waals surface area contributed by atoms with Gasteiger partial charge in [-0.2, -0.15) is 5.10 Å². The van der Waals surface area contributed by atoms with Crippen molar-refractivity contribution in [1.29, 1.82) is 0 Å². The first-order valence-corrected chi connectivity index (χ1v) is 5.37. The topological polar surface area (TPSA) is 55.6 Å². The third-order valence-corrected chi connectivity index (χ3v) is 2.04. The molecule has 0 aliphatic carbocycles. The highest BCUT2D eigenvalue weighted by atomic mass is 16.6. The van der Waals surface area contributed by atoms with Gasteiger partial charge in [-0.1, -0.05) is 0 Å².